The maximum atomic E-state index is 12.3. The Labute approximate surface area is 124 Å². The second kappa shape index (κ2) is 4.72. The Morgan fingerprint density at radius 3 is 2.43 bits per heavy atom. The number of nitrogens with zero attached hydrogens (tertiary/aromatic N) is 3. The number of hydrogen-bond donors (Lipinski definition) is 2. The second-order valence-electron chi connectivity index (χ2n) is 6.14. The summed E-state index contributed by atoms with van der Waals surface area (Å²) in [4.78, 5) is 12.3. The van der Waals surface area contributed by atoms with Crippen LogP contribution in [0.1, 0.15) is 39.5 Å². The average Bonchev–Trinajstić information content (AvgIpc) is 2.73. The quantitative estimate of drug-likeness (QED) is 0.807. The molecular formula is C15H18N4O2. The summed E-state index contributed by atoms with van der Waals surface area (Å²) < 4.78 is 0. The highest BCUT2D eigenvalue weighted by Gasteiger charge is 2.75. The first-order valence-electron chi connectivity index (χ1n) is 7.16. The number of hydrogen-bond acceptors (Lipinski definition) is 5. The first-order chi connectivity index (χ1) is 9.87. The third-order valence-electron chi connectivity index (χ3n) is 5.25. The molecule has 0 aromatic heterocycles. The molecule has 4 atom stereocenters. The maximum absolute atomic E-state index is 12.3. The standard InChI is InChI=1S/C15H18N4O2/c1-3-4-5-11-10(2)15(21)6-13(7-16,12(20)19-15)14(11,8-17)9-18/h10-11,21H,3-6H2,1-2H3,(H,19,20). The number of amides is 1. The number of nitrogens with one attached hydrogen (secondary N) is 1. The van der Waals surface area contributed by atoms with Crippen LogP contribution >= 0.6 is 0 Å². The largest absolute Gasteiger partial charge is 0.371 e. The monoisotopic (exact) mass is 286 g/mol. The number of nitriles is 3. The lowest BCUT2D eigenvalue weighted by atomic mass is 9.49. The smallest absolute Gasteiger partial charge is 0.245 e. The fourth-order valence-electron chi connectivity index (χ4n) is 3.90. The molecule has 0 aromatic rings. The van der Waals surface area contributed by atoms with Gasteiger partial charge in [0.15, 0.2) is 10.8 Å². The van der Waals surface area contributed by atoms with Crippen LogP contribution in [0.5, 0.6) is 0 Å². The number of carbonyl (C=O) groups excluding carboxylic acids is 1. The van der Waals surface area contributed by atoms with Gasteiger partial charge in [-0.25, -0.2) is 0 Å². The highest BCUT2D eigenvalue weighted by atomic mass is 16.3. The van der Waals surface area contributed by atoms with Crippen molar-refractivity contribution >= 4 is 5.91 Å². The van der Waals surface area contributed by atoms with Crippen LogP contribution in [0.25, 0.3) is 0 Å². The van der Waals surface area contributed by atoms with E-state index in [9.17, 15) is 25.7 Å². The topological polar surface area (TPSA) is 121 Å². The molecule has 1 heterocycles. The molecule has 1 saturated heterocycles. The van der Waals surface area contributed by atoms with Gasteiger partial charge in [0.1, 0.15) is 5.72 Å². The van der Waals surface area contributed by atoms with E-state index >= 15 is 0 Å². The van der Waals surface area contributed by atoms with Crippen LogP contribution in [0.2, 0.25) is 0 Å². The summed E-state index contributed by atoms with van der Waals surface area (Å²) >= 11 is 0. The highest BCUT2D eigenvalue weighted by Crippen LogP contribution is 2.62. The summed E-state index contributed by atoms with van der Waals surface area (Å²) in [6.45, 7) is 3.72. The van der Waals surface area contributed by atoms with Crippen molar-refractivity contribution in [1.29, 1.82) is 15.8 Å². The van der Waals surface area contributed by atoms with Crippen molar-refractivity contribution in [2.75, 3.05) is 0 Å². The molecule has 2 fully saturated rings. The fraction of sp³-hybridized carbons (Fsp3) is 0.733. The first-order valence-corrected chi connectivity index (χ1v) is 7.16. The van der Waals surface area contributed by atoms with E-state index in [1.807, 2.05) is 25.1 Å². The van der Waals surface area contributed by atoms with Crippen molar-refractivity contribution in [3.8, 4) is 18.2 Å². The number of aliphatic hydroxyl groups is 1. The lowest BCUT2D eigenvalue weighted by molar-refractivity contribution is -0.129. The Balaban J connectivity index is 2.66. The van der Waals surface area contributed by atoms with Crippen molar-refractivity contribution in [1.82, 2.24) is 5.32 Å². The number of carbonyl (C=O) groups is 1. The van der Waals surface area contributed by atoms with E-state index in [-0.39, 0.29) is 6.42 Å². The number of unbranched alkanes of at least 4 members (excludes halogenated alkanes) is 1. The summed E-state index contributed by atoms with van der Waals surface area (Å²) in [6, 6.07) is 5.82. The van der Waals surface area contributed by atoms with Crippen molar-refractivity contribution in [2.45, 2.75) is 45.3 Å². The normalized spacial score (nSPS) is 39.7. The zero-order valence-electron chi connectivity index (χ0n) is 12.2. The molecule has 0 radical (unpaired) electrons. The van der Waals surface area contributed by atoms with Crippen LogP contribution in [0.3, 0.4) is 0 Å². The number of rotatable bonds is 3. The molecule has 1 aliphatic carbocycles. The predicted octanol–water partition coefficient (Wildman–Crippen LogP) is 1.19. The van der Waals surface area contributed by atoms with Crippen molar-refractivity contribution in [3.05, 3.63) is 0 Å². The molecular weight excluding hydrogens is 268 g/mol. The SMILES string of the molecule is CCCCC1C(C)C2(O)CC(C#N)(C(=O)N2)C1(C#N)C#N. The second-order valence-corrected chi connectivity index (χ2v) is 6.14. The van der Waals surface area contributed by atoms with Crippen LogP contribution in [-0.4, -0.2) is 16.7 Å². The zero-order valence-corrected chi connectivity index (χ0v) is 12.2. The van der Waals surface area contributed by atoms with Gasteiger partial charge in [-0.05, 0) is 6.42 Å². The molecule has 2 bridgehead atoms. The van der Waals surface area contributed by atoms with Crippen LogP contribution < -0.4 is 5.32 Å². The zero-order chi connectivity index (χ0) is 15.9. The summed E-state index contributed by atoms with van der Waals surface area (Å²) in [7, 11) is 0. The van der Waals surface area contributed by atoms with Gasteiger partial charge in [0.2, 0.25) is 5.91 Å². The summed E-state index contributed by atoms with van der Waals surface area (Å²) in [5.74, 6) is -1.69. The minimum Gasteiger partial charge on any atom is -0.371 e. The third kappa shape index (κ3) is 1.62. The van der Waals surface area contributed by atoms with Gasteiger partial charge in [0.05, 0.1) is 18.2 Å². The molecule has 6 nitrogen and oxygen atoms in total. The molecule has 2 rings (SSSR count). The van der Waals surface area contributed by atoms with Crippen LogP contribution in [0.4, 0.5) is 0 Å². The molecule has 2 aliphatic rings. The maximum Gasteiger partial charge on any atom is 0.245 e. The lowest BCUT2D eigenvalue weighted by Crippen LogP contribution is -2.58. The van der Waals surface area contributed by atoms with Gasteiger partial charge in [-0.2, -0.15) is 15.8 Å². The number of fused-ring (bicyclic) bond motifs is 2. The van der Waals surface area contributed by atoms with Gasteiger partial charge in [-0.3, -0.25) is 4.79 Å². The van der Waals surface area contributed by atoms with Crippen LogP contribution in [-0.2, 0) is 4.79 Å². The van der Waals surface area contributed by atoms with E-state index in [2.05, 4.69) is 5.32 Å². The van der Waals surface area contributed by atoms with E-state index in [0.717, 1.165) is 12.8 Å². The summed E-state index contributed by atoms with van der Waals surface area (Å²) in [6.07, 6.45) is 1.96. The minimum atomic E-state index is -1.80. The van der Waals surface area contributed by atoms with Gasteiger partial charge >= 0.3 is 0 Å². The van der Waals surface area contributed by atoms with Gasteiger partial charge in [-0.1, -0.05) is 26.7 Å². The minimum absolute atomic E-state index is 0.208. The molecule has 0 spiro atoms. The van der Waals surface area contributed by atoms with Crippen LogP contribution in [0, 0.1) is 56.7 Å². The fourth-order valence-corrected chi connectivity index (χ4v) is 3.90. The molecule has 0 aromatic carbocycles. The molecule has 2 N–H and O–H groups in total. The van der Waals surface area contributed by atoms with E-state index < -0.39 is 34.3 Å². The van der Waals surface area contributed by atoms with Crippen molar-refractivity contribution in [2.24, 2.45) is 22.7 Å². The molecule has 21 heavy (non-hydrogen) atoms. The van der Waals surface area contributed by atoms with E-state index in [0.29, 0.717) is 6.42 Å². The Morgan fingerprint density at radius 2 is 1.95 bits per heavy atom. The average molecular weight is 286 g/mol. The molecule has 1 saturated carbocycles. The highest BCUT2D eigenvalue weighted by molar-refractivity contribution is 5.91. The van der Waals surface area contributed by atoms with Crippen LogP contribution in [0.15, 0.2) is 0 Å². The molecule has 1 aliphatic heterocycles. The van der Waals surface area contributed by atoms with E-state index in [1.54, 1.807) is 6.92 Å². The Morgan fingerprint density at radius 1 is 1.33 bits per heavy atom. The molecule has 1 amide bonds. The van der Waals surface area contributed by atoms with Gasteiger partial charge in [-0.15, -0.1) is 0 Å². The lowest BCUT2D eigenvalue weighted by Gasteiger charge is -2.48. The van der Waals surface area contributed by atoms with Gasteiger partial charge in [0.25, 0.3) is 0 Å². The van der Waals surface area contributed by atoms with Gasteiger partial charge in [0, 0.05) is 18.3 Å². The Bertz CT molecular complexity index is 582. The Kier molecular flexibility index (Phi) is 3.44. The van der Waals surface area contributed by atoms with E-state index in [4.69, 9.17) is 0 Å². The van der Waals surface area contributed by atoms with Crippen molar-refractivity contribution < 1.29 is 9.90 Å². The summed E-state index contributed by atoms with van der Waals surface area (Å²) in [5, 5.41) is 42.0. The summed E-state index contributed by atoms with van der Waals surface area (Å²) in [5.41, 5.74) is -5.03. The molecule has 110 valence electrons. The third-order valence-corrected chi connectivity index (χ3v) is 5.25. The first kappa shape index (κ1) is 15.3. The predicted molar refractivity (Wildman–Crippen MR) is 71.6 cm³/mol. The van der Waals surface area contributed by atoms with Gasteiger partial charge < -0.3 is 10.4 Å². The van der Waals surface area contributed by atoms with Crippen molar-refractivity contribution in [3.63, 3.8) is 0 Å². The van der Waals surface area contributed by atoms with E-state index in [1.165, 1.54) is 0 Å². The molecule has 4 unspecified atom stereocenters. The Hall–Kier alpha value is -2.10. The molecule has 6 heteroatoms.